The highest BCUT2D eigenvalue weighted by molar-refractivity contribution is 5.90. The van der Waals surface area contributed by atoms with E-state index >= 15 is 0 Å². The number of amides is 4. The van der Waals surface area contributed by atoms with Crippen LogP contribution in [0.4, 0.5) is 0 Å². The van der Waals surface area contributed by atoms with Gasteiger partial charge in [-0.2, -0.15) is 0 Å². The van der Waals surface area contributed by atoms with Crippen molar-refractivity contribution in [1.82, 2.24) is 30.4 Å². The minimum absolute atomic E-state index is 0.0933. The molecule has 0 bridgehead atoms. The van der Waals surface area contributed by atoms with Crippen molar-refractivity contribution in [1.29, 1.82) is 0 Å². The van der Waals surface area contributed by atoms with Gasteiger partial charge in [-0.05, 0) is 171 Å². The molecule has 4 heterocycles. The summed E-state index contributed by atoms with van der Waals surface area (Å²) in [5.74, 6) is -0.266. The molecule has 4 aromatic carbocycles. The molecule has 2 aliphatic heterocycles. The Morgan fingerprint density at radius 2 is 0.883 bits per heavy atom. The lowest BCUT2D eigenvalue weighted by molar-refractivity contribution is -0.162. The molecule has 2 aromatic heterocycles. The van der Waals surface area contributed by atoms with E-state index in [2.05, 4.69) is 20.6 Å². The fourth-order valence-corrected chi connectivity index (χ4v) is 12.1. The first-order valence-corrected chi connectivity index (χ1v) is 32.1. The van der Waals surface area contributed by atoms with Crippen LogP contribution in [0, 0.1) is 0 Å². The largest absolute Gasteiger partial charge is 0.493 e. The normalized spacial score (nSPS) is 15.8. The Morgan fingerprint density at radius 1 is 0.489 bits per heavy atom. The molecule has 8 rings (SSSR count). The molecule has 22 nitrogen and oxygen atoms in total. The molecule has 22 heteroatoms. The minimum atomic E-state index is -0.825. The highest BCUT2D eigenvalue weighted by Gasteiger charge is 2.40. The number of aromatic nitrogens is 2. The third-order valence-corrected chi connectivity index (χ3v) is 17.0. The first kappa shape index (κ1) is 70.3. The summed E-state index contributed by atoms with van der Waals surface area (Å²) in [6.07, 6.45) is 12.0. The van der Waals surface area contributed by atoms with Gasteiger partial charge in [0.05, 0.1) is 54.5 Å². The first-order valence-electron chi connectivity index (χ1n) is 32.1. The van der Waals surface area contributed by atoms with E-state index in [1.165, 1.54) is 42.7 Å². The maximum Gasteiger partial charge on any atom is 0.329 e. The van der Waals surface area contributed by atoms with E-state index in [0.717, 1.165) is 36.8 Å². The number of rotatable bonds is 33. The van der Waals surface area contributed by atoms with Crippen molar-refractivity contribution < 1.29 is 76.1 Å². The number of piperidine rings is 2. The van der Waals surface area contributed by atoms with Crippen LogP contribution in [0.2, 0.25) is 0 Å². The molecule has 0 saturated carbocycles. The Morgan fingerprint density at radius 3 is 1.22 bits per heavy atom. The van der Waals surface area contributed by atoms with E-state index in [0.29, 0.717) is 133 Å². The van der Waals surface area contributed by atoms with E-state index in [-0.39, 0.29) is 38.1 Å². The number of carbonyl (C=O) groups excluding carboxylic acids is 6. The van der Waals surface area contributed by atoms with Gasteiger partial charge in [0, 0.05) is 51.0 Å². The SMILES string of the molecule is CCC(C(=O)N1CCCC[C@H]1C(=O)OC(CCc1cccnc1)c1cccc(OCC(=O)NCCNC(=O)COc2cccc(C(CCc3cccnc3)OC(=O)[C@@H]3CCCCN3C(=O)C(CC)c3cc(OC)c(OC)c(OC)c3)c2)c1)c1cc(OC)c(OC)c(OC)c1. The Bertz CT molecular complexity index is 3210. The number of likely N-dealkylation sites (tertiary alicyclic amines) is 2. The van der Waals surface area contributed by atoms with Gasteiger partial charge in [0.1, 0.15) is 35.8 Å². The molecule has 4 amide bonds. The number of hydrogen-bond donors (Lipinski definition) is 2. The Kier molecular flexibility index (Phi) is 26.5. The highest BCUT2D eigenvalue weighted by Crippen LogP contribution is 2.44. The summed E-state index contributed by atoms with van der Waals surface area (Å²) in [5, 5.41) is 5.53. The maximum absolute atomic E-state index is 14.5. The number of hydrogen-bond acceptors (Lipinski definition) is 18. The molecule has 0 radical (unpaired) electrons. The van der Waals surface area contributed by atoms with Crippen LogP contribution >= 0.6 is 0 Å². The molecular formula is C72H88N6O16. The lowest BCUT2D eigenvalue weighted by Crippen LogP contribution is -2.50. The third-order valence-electron chi connectivity index (χ3n) is 17.0. The summed E-state index contributed by atoms with van der Waals surface area (Å²) in [6, 6.07) is 27.1. The van der Waals surface area contributed by atoms with Crippen LogP contribution in [0.1, 0.15) is 135 Å². The Balaban J connectivity index is 0.846. The van der Waals surface area contributed by atoms with Crippen LogP contribution in [0.15, 0.2) is 122 Å². The molecule has 4 unspecified atom stereocenters. The van der Waals surface area contributed by atoms with Crippen molar-refractivity contribution in [2.24, 2.45) is 0 Å². The topological polar surface area (TPSA) is 251 Å². The quantitative estimate of drug-likeness (QED) is 0.0287. The summed E-state index contributed by atoms with van der Waals surface area (Å²) in [7, 11) is 9.13. The second kappa shape index (κ2) is 35.4. The van der Waals surface area contributed by atoms with Gasteiger partial charge in [0.25, 0.3) is 11.8 Å². The number of carbonyl (C=O) groups is 6. The first-order chi connectivity index (χ1) is 45.7. The fourth-order valence-electron chi connectivity index (χ4n) is 12.1. The van der Waals surface area contributed by atoms with Crippen molar-refractivity contribution in [2.45, 2.75) is 127 Å². The Hall–Kier alpha value is -9.60. The van der Waals surface area contributed by atoms with Crippen molar-refractivity contribution in [3.8, 4) is 46.0 Å². The standard InChI is InChI=1S/C72H88N6O16/c1-9-55(51-39-61(85-3)67(89-7)62(40-51)86-4)69(81)77-35-13-11-25-57(77)71(83)93-59(29-27-47-19-17-31-73-43-47)49-21-15-23-53(37-49)91-45-65(79)75-33-34-76-66(80)46-92-54-24-16-22-50(38-54)60(30-28-48-20-18-32-74-44-48)94-72(84)58-26-12-14-36-78(58)70(82)56(10-2)52-41-63(87-5)68(90-8)64(42-52)88-6/h15-24,31-32,37-44,55-60H,9-14,25-30,33-36,45-46H2,1-8H3,(H,75,79)(H,76,80)/t55?,56?,57-,58-,59?,60?/m0/s1. The second-order valence-corrected chi connectivity index (χ2v) is 23.0. The van der Waals surface area contributed by atoms with Crippen LogP contribution in [0.25, 0.3) is 0 Å². The average molecular weight is 1290 g/mol. The van der Waals surface area contributed by atoms with Crippen molar-refractivity contribution in [3.05, 3.63) is 155 Å². The molecule has 0 spiro atoms. The smallest absolute Gasteiger partial charge is 0.329 e. The van der Waals surface area contributed by atoms with Crippen LogP contribution in [0.5, 0.6) is 46.0 Å². The van der Waals surface area contributed by atoms with Crippen molar-refractivity contribution >= 4 is 35.6 Å². The summed E-state index contributed by atoms with van der Waals surface area (Å²) in [5.41, 5.74) is 4.52. The summed E-state index contributed by atoms with van der Waals surface area (Å²) >= 11 is 0. The number of benzene rings is 4. The highest BCUT2D eigenvalue weighted by atomic mass is 16.6. The summed E-state index contributed by atoms with van der Waals surface area (Å²) in [6.45, 7) is 4.12. The van der Waals surface area contributed by atoms with E-state index < -0.39 is 59.9 Å². The Labute approximate surface area is 550 Å². The van der Waals surface area contributed by atoms with Gasteiger partial charge in [-0.1, -0.05) is 50.2 Å². The molecule has 94 heavy (non-hydrogen) atoms. The third kappa shape index (κ3) is 18.6. The average Bonchev–Trinajstić information content (AvgIpc) is 0.814. The lowest BCUT2D eigenvalue weighted by atomic mass is 9.91. The zero-order chi connectivity index (χ0) is 66.9. The maximum atomic E-state index is 14.5. The number of aryl methyl sites for hydroxylation is 2. The van der Waals surface area contributed by atoms with Gasteiger partial charge in [-0.3, -0.25) is 29.1 Å². The summed E-state index contributed by atoms with van der Waals surface area (Å²) < 4.78 is 58.2. The van der Waals surface area contributed by atoms with Gasteiger partial charge in [0.2, 0.25) is 23.3 Å². The van der Waals surface area contributed by atoms with Gasteiger partial charge in [-0.25, -0.2) is 9.59 Å². The van der Waals surface area contributed by atoms with Crippen molar-refractivity contribution in [3.63, 3.8) is 0 Å². The van der Waals surface area contributed by atoms with Gasteiger partial charge < -0.3 is 67.8 Å². The zero-order valence-corrected chi connectivity index (χ0v) is 55.1. The molecule has 2 fully saturated rings. The predicted molar refractivity (Wildman–Crippen MR) is 350 cm³/mol. The number of pyridine rings is 2. The van der Waals surface area contributed by atoms with E-state index in [9.17, 15) is 28.8 Å². The number of esters is 2. The number of nitrogens with one attached hydrogen (secondary N) is 2. The molecule has 2 saturated heterocycles. The van der Waals surface area contributed by atoms with Crippen LogP contribution in [-0.4, -0.2) is 149 Å². The number of nitrogens with zero attached hydrogens (tertiary/aromatic N) is 4. The molecular weight excluding hydrogens is 1200 g/mol. The molecule has 6 atom stereocenters. The molecule has 502 valence electrons. The number of ether oxygens (including phenoxy) is 10. The predicted octanol–water partition coefficient (Wildman–Crippen LogP) is 9.80. The molecule has 6 aromatic rings. The van der Waals surface area contributed by atoms with E-state index in [1.54, 1.807) is 95.3 Å². The zero-order valence-electron chi connectivity index (χ0n) is 55.1. The molecule has 2 N–H and O–H groups in total. The number of methoxy groups -OCH3 is 6. The van der Waals surface area contributed by atoms with Crippen LogP contribution in [-0.2, 0) is 51.1 Å². The monoisotopic (exact) mass is 1290 g/mol. The van der Waals surface area contributed by atoms with Gasteiger partial charge >= 0.3 is 11.9 Å². The summed E-state index contributed by atoms with van der Waals surface area (Å²) in [4.78, 5) is 96.0. The van der Waals surface area contributed by atoms with Crippen LogP contribution in [0.3, 0.4) is 0 Å². The lowest BCUT2D eigenvalue weighted by Gasteiger charge is -2.37. The van der Waals surface area contributed by atoms with E-state index in [1.807, 2.05) is 50.2 Å². The fraction of sp³-hybridized carbons (Fsp3) is 0.444. The molecule has 0 aliphatic carbocycles. The van der Waals surface area contributed by atoms with Crippen molar-refractivity contribution in [2.75, 3.05) is 82.1 Å². The van der Waals surface area contributed by atoms with E-state index in [4.69, 9.17) is 47.4 Å². The molecule has 2 aliphatic rings. The van der Waals surface area contributed by atoms with Gasteiger partial charge in [-0.15, -0.1) is 0 Å². The van der Waals surface area contributed by atoms with Gasteiger partial charge in [0.15, 0.2) is 36.2 Å². The minimum Gasteiger partial charge on any atom is -0.493 e. The van der Waals surface area contributed by atoms with Crippen LogP contribution < -0.4 is 48.5 Å². The second-order valence-electron chi connectivity index (χ2n) is 23.0.